The lowest BCUT2D eigenvalue weighted by Crippen LogP contribution is -2.20. The van der Waals surface area contributed by atoms with Crippen molar-refractivity contribution in [2.45, 2.75) is 13.8 Å². The first-order chi connectivity index (χ1) is 16.8. The van der Waals surface area contributed by atoms with E-state index in [1.165, 1.54) is 19.3 Å². The number of nitrogens with one attached hydrogen (secondary N) is 2. The zero-order chi connectivity index (χ0) is 25.4. The van der Waals surface area contributed by atoms with Crippen molar-refractivity contribution in [3.8, 4) is 17.6 Å². The molecular formula is C27H24ClN3O4. The van der Waals surface area contributed by atoms with E-state index >= 15 is 0 Å². The van der Waals surface area contributed by atoms with Crippen LogP contribution in [0.5, 0.6) is 11.5 Å². The lowest BCUT2D eigenvalue weighted by molar-refractivity contribution is -0.118. The van der Waals surface area contributed by atoms with Gasteiger partial charge in [-0.15, -0.1) is 0 Å². The van der Waals surface area contributed by atoms with Crippen LogP contribution in [0.15, 0.2) is 66.2 Å². The quantitative estimate of drug-likeness (QED) is 0.320. The third-order valence-corrected chi connectivity index (χ3v) is 5.24. The number of methoxy groups -OCH3 is 1. The van der Waals surface area contributed by atoms with E-state index in [9.17, 15) is 14.9 Å². The number of benzene rings is 3. The van der Waals surface area contributed by atoms with E-state index in [1.807, 2.05) is 38.1 Å². The van der Waals surface area contributed by atoms with Crippen molar-refractivity contribution in [3.05, 3.63) is 87.9 Å². The van der Waals surface area contributed by atoms with E-state index in [0.717, 1.165) is 11.1 Å². The Morgan fingerprint density at radius 3 is 2.46 bits per heavy atom. The number of ether oxygens (including phenoxy) is 2. The number of nitriles is 1. The number of hydrogen-bond acceptors (Lipinski definition) is 5. The van der Waals surface area contributed by atoms with Gasteiger partial charge in [0, 0.05) is 11.4 Å². The van der Waals surface area contributed by atoms with E-state index < -0.39 is 5.91 Å². The lowest BCUT2D eigenvalue weighted by atomic mass is 10.1. The van der Waals surface area contributed by atoms with Gasteiger partial charge in [0.05, 0.1) is 12.1 Å². The highest BCUT2D eigenvalue weighted by Crippen LogP contribution is 2.37. The van der Waals surface area contributed by atoms with Gasteiger partial charge in [-0.1, -0.05) is 47.5 Å². The second-order valence-electron chi connectivity index (χ2n) is 7.68. The van der Waals surface area contributed by atoms with Crippen LogP contribution < -0.4 is 20.1 Å². The van der Waals surface area contributed by atoms with Gasteiger partial charge >= 0.3 is 0 Å². The Morgan fingerprint density at radius 1 is 1.06 bits per heavy atom. The molecular weight excluding hydrogens is 466 g/mol. The maximum absolute atomic E-state index is 12.7. The number of rotatable bonds is 8. The zero-order valence-corrected chi connectivity index (χ0v) is 20.3. The molecule has 0 saturated carbocycles. The van der Waals surface area contributed by atoms with Crippen molar-refractivity contribution in [1.82, 2.24) is 0 Å². The summed E-state index contributed by atoms with van der Waals surface area (Å²) in [6.07, 6.45) is 1.40. The highest BCUT2D eigenvalue weighted by atomic mass is 35.5. The number of amides is 2. The summed E-state index contributed by atoms with van der Waals surface area (Å²) in [5, 5.41) is 15.2. The molecule has 7 nitrogen and oxygen atoms in total. The van der Waals surface area contributed by atoms with Gasteiger partial charge in [0.25, 0.3) is 11.8 Å². The minimum atomic E-state index is -0.549. The van der Waals surface area contributed by atoms with Crippen LogP contribution in [0.3, 0.4) is 0 Å². The van der Waals surface area contributed by atoms with Crippen LogP contribution in [0.25, 0.3) is 6.08 Å². The van der Waals surface area contributed by atoms with Gasteiger partial charge in [0.1, 0.15) is 11.6 Å². The first-order valence-corrected chi connectivity index (χ1v) is 11.0. The van der Waals surface area contributed by atoms with Crippen LogP contribution in [0.2, 0.25) is 5.02 Å². The maximum atomic E-state index is 12.7. The van der Waals surface area contributed by atoms with E-state index in [0.29, 0.717) is 16.9 Å². The predicted octanol–water partition coefficient (Wildman–Crippen LogP) is 5.53. The number of para-hydroxylation sites is 1. The molecule has 0 fully saturated rings. The van der Waals surface area contributed by atoms with Crippen molar-refractivity contribution in [1.29, 1.82) is 5.26 Å². The fourth-order valence-electron chi connectivity index (χ4n) is 3.28. The van der Waals surface area contributed by atoms with E-state index in [1.54, 1.807) is 36.4 Å². The summed E-state index contributed by atoms with van der Waals surface area (Å²) >= 11 is 6.38. The molecule has 0 aliphatic heterocycles. The molecule has 0 atom stereocenters. The number of aryl methyl sites for hydroxylation is 2. The van der Waals surface area contributed by atoms with Gasteiger partial charge < -0.3 is 20.1 Å². The van der Waals surface area contributed by atoms with Crippen LogP contribution in [-0.4, -0.2) is 25.5 Å². The monoisotopic (exact) mass is 489 g/mol. The Hall–Kier alpha value is -4.28. The second-order valence-corrected chi connectivity index (χ2v) is 8.09. The summed E-state index contributed by atoms with van der Waals surface area (Å²) in [5.41, 5.74) is 3.56. The van der Waals surface area contributed by atoms with Crippen LogP contribution in [0.1, 0.15) is 16.7 Å². The van der Waals surface area contributed by atoms with E-state index in [4.69, 9.17) is 21.1 Å². The standard InChI is InChI=1S/C27H24ClN3O4/c1-17-9-10-23(18(2)11-17)31-27(33)20(15-29)12-19-13-22(28)26(24(14-19)34-3)35-16-25(32)30-21-7-5-4-6-8-21/h4-14H,16H2,1-3H3,(H,30,32)(H,31,33)/b20-12+. The molecule has 8 heteroatoms. The third kappa shape index (κ3) is 6.85. The Bertz CT molecular complexity index is 1310. The van der Waals surface area contributed by atoms with Gasteiger partial charge in [-0.2, -0.15) is 5.26 Å². The highest BCUT2D eigenvalue weighted by Gasteiger charge is 2.16. The minimum absolute atomic E-state index is 0.112. The summed E-state index contributed by atoms with van der Waals surface area (Å²) < 4.78 is 11.0. The molecule has 0 radical (unpaired) electrons. The minimum Gasteiger partial charge on any atom is -0.493 e. The lowest BCUT2D eigenvalue weighted by Gasteiger charge is -2.14. The fourth-order valence-corrected chi connectivity index (χ4v) is 3.55. The maximum Gasteiger partial charge on any atom is 0.266 e. The van der Waals surface area contributed by atoms with Gasteiger partial charge in [0.2, 0.25) is 0 Å². The molecule has 0 bridgehead atoms. The predicted molar refractivity (Wildman–Crippen MR) is 137 cm³/mol. The average molecular weight is 490 g/mol. The second kappa shape index (κ2) is 11.7. The average Bonchev–Trinajstić information content (AvgIpc) is 2.83. The number of carbonyl (C=O) groups excluding carboxylic acids is 2. The fraction of sp³-hybridized carbons (Fsp3) is 0.148. The number of nitrogens with zero attached hydrogens (tertiary/aromatic N) is 1. The summed E-state index contributed by atoms with van der Waals surface area (Å²) in [7, 11) is 1.42. The van der Waals surface area contributed by atoms with Crippen molar-refractivity contribution in [2.24, 2.45) is 0 Å². The molecule has 0 aromatic heterocycles. The van der Waals surface area contributed by atoms with E-state index in [2.05, 4.69) is 10.6 Å². The molecule has 3 rings (SSSR count). The molecule has 0 aliphatic carbocycles. The summed E-state index contributed by atoms with van der Waals surface area (Å²) in [6, 6.07) is 19.6. The van der Waals surface area contributed by atoms with Gasteiger partial charge in [-0.05, 0) is 61.4 Å². The Kier molecular flexibility index (Phi) is 8.49. The van der Waals surface area contributed by atoms with E-state index in [-0.39, 0.29) is 34.6 Å². The molecule has 3 aromatic rings. The van der Waals surface area contributed by atoms with Crippen LogP contribution in [0.4, 0.5) is 11.4 Å². The van der Waals surface area contributed by atoms with Crippen molar-refractivity contribution >= 4 is 40.9 Å². The van der Waals surface area contributed by atoms with Gasteiger partial charge in [-0.3, -0.25) is 9.59 Å². The molecule has 0 aliphatic rings. The van der Waals surface area contributed by atoms with Crippen molar-refractivity contribution < 1.29 is 19.1 Å². The van der Waals surface area contributed by atoms with Crippen LogP contribution >= 0.6 is 11.6 Å². The topological polar surface area (TPSA) is 100 Å². The molecule has 0 spiro atoms. The highest BCUT2D eigenvalue weighted by molar-refractivity contribution is 6.32. The van der Waals surface area contributed by atoms with Crippen LogP contribution in [0, 0.1) is 25.2 Å². The number of hydrogen-bond donors (Lipinski definition) is 2. The number of carbonyl (C=O) groups is 2. The first-order valence-electron chi connectivity index (χ1n) is 10.7. The number of halogens is 1. The van der Waals surface area contributed by atoms with Crippen molar-refractivity contribution in [2.75, 3.05) is 24.4 Å². The zero-order valence-electron chi connectivity index (χ0n) is 19.5. The Balaban J connectivity index is 1.75. The first kappa shape index (κ1) is 25.3. The largest absolute Gasteiger partial charge is 0.493 e. The van der Waals surface area contributed by atoms with Gasteiger partial charge in [-0.25, -0.2) is 0 Å². The summed E-state index contributed by atoms with van der Waals surface area (Å²) in [5.74, 6) is -0.489. The molecule has 3 aromatic carbocycles. The SMILES string of the molecule is COc1cc(/C=C(\C#N)C(=O)Nc2ccc(C)cc2C)cc(Cl)c1OCC(=O)Nc1ccccc1. The molecule has 0 saturated heterocycles. The molecule has 0 unspecified atom stereocenters. The molecule has 35 heavy (non-hydrogen) atoms. The normalized spacial score (nSPS) is 10.8. The number of anilines is 2. The smallest absolute Gasteiger partial charge is 0.266 e. The van der Waals surface area contributed by atoms with Crippen molar-refractivity contribution in [3.63, 3.8) is 0 Å². The third-order valence-electron chi connectivity index (χ3n) is 4.96. The molecule has 178 valence electrons. The van der Waals surface area contributed by atoms with Crippen LogP contribution in [-0.2, 0) is 9.59 Å². The summed E-state index contributed by atoms with van der Waals surface area (Å²) in [6.45, 7) is 3.54. The summed E-state index contributed by atoms with van der Waals surface area (Å²) in [4.78, 5) is 24.9. The molecule has 2 N–H and O–H groups in total. The van der Waals surface area contributed by atoms with Gasteiger partial charge in [0.15, 0.2) is 18.1 Å². The Labute approximate surface area is 208 Å². The molecule has 0 heterocycles. The molecule has 2 amide bonds. The Morgan fingerprint density at radius 2 is 1.80 bits per heavy atom.